The molecule has 0 fully saturated rings. The van der Waals surface area contributed by atoms with E-state index in [1.807, 2.05) is 0 Å². The Hall–Kier alpha value is -0.530. The Morgan fingerprint density at radius 1 is 1.07 bits per heavy atom. The highest BCUT2D eigenvalue weighted by atomic mass is 19.4. The van der Waals surface area contributed by atoms with Gasteiger partial charge in [0.05, 0.1) is 6.61 Å². The van der Waals surface area contributed by atoms with Gasteiger partial charge in [0.1, 0.15) is 13.3 Å². The monoisotopic (exact) mass is 228 g/mol. The fourth-order valence-electron chi connectivity index (χ4n) is 0.575. The summed E-state index contributed by atoms with van der Waals surface area (Å²) in [6.45, 7) is -3.71. The Kier molecular flexibility index (Phi) is 4.63. The van der Waals surface area contributed by atoms with Crippen LogP contribution >= 0.6 is 0 Å². The van der Waals surface area contributed by atoms with Crippen LogP contribution in [0.3, 0.4) is 0 Å². The maximum Gasteiger partial charge on any atom is 0.425 e. The van der Waals surface area contributed by atoms with Crippen molar-refractivity contribution < 1.29 is 35.5 Å². The lowest BCUT2D eigenvalue weighted by Crippen LogP contribution is -2.44. The molecule has 1 nitrogen and oxygen atoms in total. The molecule has 0 saturated heterocycles. The third-order valence-corrected chi connectivity index (χ3v) is 1.17. The standard InChI is InChI=1S/C6H7F7O/c7-1-2-14-3-5(9,10)4(8)6(11,12)13/h4H,1-3H2. The Labute approximate surface area is 74.8 Å². The van der Waals surface area contributed by atoms with Crippen LogP contribution in [0.2, 0.25) is 0 Å². The maximum atomic E-state index is 12.3. The first-order valence-electron chi connectivity index (χ1n) is 3.44. The normalized spacial score (nSPS) is 15.6. The lowest BCUT2D eigenvalue weighted by Gasteiger charge is -2.22. The zero-order chi connectivity index (χ0) is 11.4. The SMILES string of the molecule is FCCOCC(F)(F)C(F)C(F)(F)F. The molecule has 1 atom stereocenters. The first-order chi connectivity index (χ1) is 6.22. The summed E-state index contributed by atoms with van der Waals surface area (Å²) in [5, 5.41) is 0. The van der Waals surface area contributed by atoms with Gasteiger partial charge in [-0.1, -0.05) is 0 Å². The van der Waals surface area contributed by atoms with Gasteiger partial charge in [0.15, 0.2) is 0 Å². The van der Waals surface area contributed by atoms with Crippen LogP contribution in [0.15, 0.2) is 0 Å². The maximum absolute atomic E-state index is 12.3. The van der Waals surface area contributed by atoms with E-state index in [1.54, 1.807) is 0 Å². The van der Waals surface area contributed by atoms with Gasteiger partial charge in [-0.05, 0) is 0 Å². The van der Waals surface area contributed by atoms with E-state index < -0.39 is 38.2 Å². The molecule has 0 radical (unpaired) electrons. The van der Waals surface area contributed by atoms with E-state index in [0.717, 1.165) is 0 Å². The molecule has 0 N–H and O–H groups in total. The highest BCUT2D eigenvalue weighted by Crippen LogP contribution is 2.34. The fourth-order valence-corrected chi connectivity index (χ4v) is 0.575. The number of rotatable bonds is 5. The molecular weight excluding hydrogens is 221 g/mol. The summed E-state index contributed by atoms with van der Waals surface area (Å²) in [5.74, 6) is -4.69. The van der Waals surface area contributed by atoms with Crippen molar-refractivity contribution in [3.05, 3.63) is 0 Å². The van der Waals surface area contributed by atoms with Crippen LogP contribution in [-0.4, -0.2) is 38.2 Å². The first-order valence-corrected chi connectivity index (χ1v) is 3.44. The van der Waals surface area contributed by atoms with Gasteiger partial charge in [-0.2, -0.15) is 13.2 Å². The number of hydrogen-bond acceptors (Lipinski definition) is 1. The van der Waals surface area contributed by atoms with Crippen molar-refractivity contribution in [1.29, 1.82) is 0 Å². The lowest BCUT2D eigenvalue weighted by atomic mass is 10.2. The van der Waals surface area contributed by atoms with Gasteiger partial charge in [0.25, 0.3) is 6.17 Å². The summed E-state index contributed by atoms with van der Waals surface area (Å²) in [6.07, 6.45) is -9.95. The van der Waals surface area contributed by atoms with E-state index in [2.05, 4.69) is 4.74 Å². The molecule has 0 heterocycles. The molecule has 1 unspecified atom stereocenters. The molecule has 0 rings (SSSR count). The van der Waals surface area contributed by atoms with E-state index >= 15 is 0 Å². The van der Waals surface area contributed by atoms with E-state index in [4.69, 9.17) is 0 Å². The molecule has 0 aromatic carbocycles. The Balaban J connectivity index is 4.16. The smallest absolute Gasteiger partial charge is 0.372 e. The van der Waals surface area contributed by atoms with Crippen molar-refractivity contribution in [2.24, 2.45) is 0 Å². The molecule has 0 aliphatic carbocycles. The van der Waals surface area contributed by atoms with E-state index in [1.165, 1.54) is 0 Å². The summed E-state index contributed by atoms with van der Waals surface area (Å²) in [5.41, 5.74) is 0. The van der Waals surface area contributed by atoms with Crippen molar-refractivity contribution in [1.82, 2.24) is 0 Å². The molecular formula is C6H7F7O. The van der Waals surface area contributed by atoms with Crippen molar-refractivity contribution >= 4 is 0 Å². The zero-order valence-electron chi connectivity index (χ0n) is 6.75. The minimum atomic E-state index is -5.65. The summed E-state index contributed by atoms with van der Waals surface area (Å²) >= 11 is 0. The van der Waals surface area contributed by atoms with Crippen LogP contribution in [0.25, 0.3) is 0 Å². The third-order valence-electron chi connectivity index (χ3n) is 1.17. The molecule has 0 saturated carbocycles. The molecule has 0 aliphatic rings. The van der Waals surface area contributed by atoms with E-state index in [0.29, 0.717) is 0 Å². The topological polar surface area (TPSA) is 9.23 Å². The van der Waals surface area contributed by atoms with Gasteiger partial charge in [-0.3, -0.25) is 0 Å². The fraction of sp³-hybridized carbons (Fsp3) is 1.00. The van der Waals surface area contributed by atoms with Gasteiger partial charge in [0.2, 0.25) is 0 Å². The summed E-state index contributed by atoms with van der Waals surface area (Å²) in [6, 6.07) is 0. The lowest BCUT2D eigenvalue weighted by molar-refractivity contribution is -0.255. The van der Waals surface area contributed by atoms with Gasteiger partial charge >= 0.3 is 12.1 Å². The highest BCUT2D eigenvalue weighted by Gasteiger charge is 2.56. The zero-order valence-corrected chi connectivity index (χ0v) is 6.75. The Morgan fingerprint density at radius 3 is 1.93 bits per heavy atom. The predicted octanol–water partition coefficient (Wildman–Crippen LogP) is 2.51. The van der Waals surface area contributed by atoms with Gasteiger partial charge < -0.3 is 4.74 Å². The van der Waals surface area contributed by atoms with E-state index in [9.17, 15) is 30.7 Å². The average Bonchev–Trinajstić information content (AvgIpc) is 2.01. The predicted molar refractivity (Wildman–Crippen MR) is 32.7 cm³/mol. The summed E-state index contributed by atoms with van der Waals surface area (Å²) in [4.78, 5) is 0. The van der Waals surface area contributed by atoms with Gasteiger partial charge in [0, 0.05) is 0 Å². The second-order valence-electron chi connectivity index (χ2n) is 2.41. The molecule has 0 aromatic heterocycles. The molecule has 14 heavy (non-hydrogen) atoms. The molecule has 0 aromatic rings. The van der Waals surface area contributed by atoms with Crippen LogP contribution in [0.5, 0.6) is 0 Å². The average molecular weight is 228 g/mol. The van der Waals surface area contributed by atoms with Crippen molar-refractivity contribution in [2.75, 3.05) is 19.9 Å². The van der Waals surface area contributed by atoms with Gasteiger partial charge in [-0.15, -0.1) is 0 Å². The number of hydrogen-bond donors (Lipinski definition) is 0. The minimum absolute atomic E-state index is 0.792. The quantitative estimate of drug-likeness (QED) is 0.519. The summed E-state index contributed by atoms with van der Waals surface area (Å²) < 4.78 is 86.2. The van der Waals surface area contributed by atoms with Crippen molar-refractivity contribution in [3.8, 4) is 0 Å². The Morgan fingerprint density at radius 2 is 1.57 bits per heavy atom. The number of halogens is 7. The highest BCUT2D eigenvalue weighted by molar-refractivity contribution is 4.82. The van der Waals surface area contributed by atoms with Gasteiger partial charge in [-0.25, -0.2) is 17.6 Å². The molecule has 0 spiro atoms. The first kappa shape index (κ1) is 13.5. The second-order valence-corrected chi connectivity index (χ2v) is 2.41. The van der Waals surface area contributed by atoms with Crippen molar-refractivity contribution in [3.63, 3.8) is 0 Å². The minimum Gasteiger partial charge on any atom is -0.372 e. The Bertz CT molecular complexity index is 166. The largest absolute Gasteiger partial charge is 0.425 e. The molecule has 8 heteroatoms. The summed E-state index contributed by atoms with van der Waals surface area (Å²) in [7, 11) is 0. The third kappa shape index (κ3) is 4.12. The molecule has 0 bridgehead atoms. The van der Waals surface area contributed by atoms with Crippen LogP contribution in [0.4, 0.5) is 30.7 Å². The van der Waals surface area contributed by atoms with Crippen LogP contribution in [0, 0.1) is 0 Å². The number of alkyl halides is 7. The van der Waals surface area contributed by atoms with E-state index in [-0.39, 0.29) is 0 Å². The molecule has 0 amide bonds. The van der Waals surface area contributed by atoms with Crippen LogP contribution < -0.4 is 0 Å². The van der Waals surface area contributed by atoms with Crippen LogP contribution in [0.1, 0.15) is 0 Å². The molecule has 0 aliphatic heterocycles. The second kappa shape index (κ2) is 4.81. The number of ether oxygens (including phenoxy) is 1. The molecule has 86 valence electrons. The van der Waals surface area contributed by atoms with Crippen LogP contribution in [-0.2, 0) is 4.74 Å². The van der Waals surface area contributed by atoms with Crippen molar-refractivity contribution in [2.45, 2.75) is 18.3 Å².